The standard InChI is InChI=1S/C18H21ClN2O2/c19-17-8-4-7-16(11-17)12-20-18(23)14-21(9-10-22)13-15-5-2-1-3-6-15/h1-8,11,22H,9-10,12-14H2,(H,20,23). The first-order valence-corrected chi connectivity index (χ1v) is 7.93. The molecule has 0 aliphatic carbocycles. The van der Waals surface area contributed by atoms with Crippen LogP contribution in [-0.4, -0.2) is 35.6 Å². The van der Waals surface area contributed by atoms with Gasteiger partial charge < -0.3 is 10.4 Å². The summed E-state index contributed by atoms with van der Waals surface area (Å²) in [5.74, 6) is -0.0747. The van der Waals surface area contributed by atoms with Gasteiger partial charge in [0.05, 0.1) is 13.2 Å². The normalized spacial score (nSPS) is 10.7. The maximum Gasteiger partial charge on any atom is 0.234 e. The molecule has 0 aliphatic heterocycles. The van der Waals surface area contributed by atoms with E-state index in [0.717, 1.165) is 11.1 Å². The van der Waals surface area contributed by atoms with Gasteiger partial charge in [-0.2, -0.15) is 0 Å². The second kappa shape index (κ2) is 9.30. The first kappa shape index (κ1) is 17.5. The molecule has 0 radical (unpaired) electrons. The molecular weight excluding hydrogens is 312 g/mol. The van der Waals surface area contributed by atoms with Gasteiger partial charge in [0.25, 0.3) is 0 Å². The van der Waals surface area contributed by atoms with E-state index in [0.29, 0.717) is 24.7 Å². The average Bonchev–Trinajstić information content (AvgIpc) is 2.54. The fourth-order valence-electron chi connectivity index (χ4n) is 2.30. The fourth-order valence-corrected chi connectivity index (χ4v) is 2.52. The quantitative estimate of drug-likeness (QED) is 0.780. The Bertz CT molecular complexity index is 619. The molecule has 2 aromatic carbocycles. The third-order valence-electron chi connectivity index (χ3n) is 3.41. The minimum absolute atomic E-state index is 0.0222. The van der Waals surface area contributed by atoms with Crippen LogP contribution in [0.15, 0.2) is 54.6 Å². The molecule has 5 heteroatoms. The van der Waals surface area contributed by atoms with Crippen molar-refractivity contribution in [2.75, 3.05) is 19.7 Å². The number of carbonyl (C=O) groups is 1. The summed E-state index contributed by atoms with van der Waals surface area (Å²) in [6, 6.07) is 17.3. The van der Waals surface area contributed by atoms with Gasteiger partial charge in [-0.25, -0.2) is 0 Å². The molecule has 2 aromatic rings. The number of hydrogen-bond donors (Lipinski definition) is 2. The Kier molecular flexibility index (Phi) is 7.07. The Labute approximate surface area is 141 Å². The van der Waals surface area contributed by atoms with Crippen molar-refractivity contribution in [3.05, 3.63) is 70.7 Å². The number of aliphatic hydroxyl groups excluding tert-OH is 1. The van der Waals surface area contributed by atoms with Crippen LogP contribution in [0, 0.1) is 0 Å². The Morgan fingerprint density at radius 2 is 1.83 bits per heavy atom. The largest absolute Gasteiger partial charge is 0.395 e. The number of aliphatic hydroxyl groups is 1. The smallest absolute Gasteiger partial charge is 0.234 e. The third kappa shape index (κ3) is 6.40. The Morgan fingerprint density at radius 1 is 1.09 bits per heavy atom. The van der Waals surface area contributed by atoms with Crippen molar-refractivity contribution < 1.29 is 9.90 Å². The number of benzene rings is 2. The predicted octanol–water partition coefficient (Wildman–Crippen LogP) is 2.45. The lowest BCUT2D eigenvalue weighted by atomic mass is 10.2. The molecule has 0 bridgehead atoms. The van der Waals surface area contributed by atoms with Crippen molar-refractivity contribution in [3.8, 4) is 0 Å². The molecule has 2 N–H and O–H groups in total. The van der Waals surface area contributed by atoms with E-state index in [1.54, 1.807) is 6.07 Å². The van der Waals surface area contributed by atoms with E-state index < -0.39 is 0 Å². The van der Waals surface area contributed by atoms with Gasteiger partial charge in [-0.1, -0.05) is 54.1 Å². The Balaban J connectivity index is 1.85. The molecule has 0 aliphatic rings. The molecule has 0 saturated carbocycles. The SMILES string of the molecule is O=C(CN(CCO)Cc1ccccc1)NCc1cccc(Cl)c1. The average molecular weight is 333 g/mol. The van der Waals surface area contributed by atoms with Crippen molar-refractivity contribution >= 4 is 17.5 Å². The van der Waals surface area contributed by atoms with Gasteiger partial charge in [-0.15, -0.1) is 0 Å². The van der Waals surface area contributed by atoms with Crippen LogP contribution in [-0.2, 0) is 17.9 Å². The van der Waals surface area contributed by atoms with Gasteiger partial charge in [-0.3, -0.25) is 9.69 Å². The van der Waals surface area contributed by atoms with E-state index in [4.69, 9.17) is 11.6 Å². The molecular formula is C18H21ClN2O2. The van der Waals surface area contributed by atoms with Crippen molar-refractivity contribution in [1.29, 1.82) is 0 Å². The molecule has 0 fully saturated rings. The molecule has 4 nitrogen and oxygen atoms in total. The van der Waals surface area contributed by atoms with E-state index in [2.05, 4.69) is 5.32 Å². The van der Waals surface area contributed by atoms with E-state index >= 15 is 0 Å². The van der Waals surface area contributed by atoms with Crippen LogP contribution in [0.25, 0.3) is 0 Å². The topological polar surface area (TPSA) is 52.6 Å². The number of nitrogens with zero attached hydrogens (tertiary/aromatic N) is 1. The van der Waals surface area contributed by atoms with Gasteiger partial charge >= 0.3 is 0 Å². The van der Waals surface area contributed by atoms with Crippen molar-refractivity contribution in [2.45, 2.75) is 13.1 Å². The highest BCUT2D eigenvalue weighted by molar-refractivity contribution is 6.30. The molecule has 0 atom stereocenters. The zero-order valence-electron chi connectivity index (χ0n) is 12.9. The molecule has 0 saturated heterocycles. The van der Waals surface area contributed by atoms with Gasteiger partial charge in [-0.05, 0) is 23.3 Å². The summed E-state index contributed by atoms with van der Waals surface area (Å²) in [4.78, 5) is 14.0. The lowest BCUT2D eigenvalue weighted by Crippen LogP contribution is -2.38. The monoisotopic (exact) mass is 332 g/mol. The van der Waals surface area contributed by atoms with Crippen LogP contribution in [0.5, 0.6) is 0 Å². The number of hydrogen-bond acceptors (Lipinski definition) is 3. The van der Waals surface area contributed by atoms with Crippen LogP contribution in [0.3, 0.4) is 0 Å². The number of amides is 1. The predicted molar refractivity (Wildman–Crippen MR) is 92.1 cm³/mol. The molecule has 0 unspecified atom stereocenters. The molecule has 2 rings (SSSR count). The molecule has 23 heavy (non-hydrogen) atoms. The van der Waals surface area contributed by atoms with Crippen LogP contribution < -0.4 is 5.32 Å². The maximum absolute atomic E-state index is 12.1. The summed E-state index contributed by atoms with van der Waals surface area (Å²) >= 11 is 5.93. The number of rotatable bonds is 8. The Hall–Kier alpha value is -1.88. The number of nitrogens with one attached hydrogen (secondary N) is 1. The van der Waals surface area contributed by atoms with E-state index in [1.165, 1.54) is 0 Å². The summed E-state index contributed by atoms with van der Waals surface area (Å²) in [6.07, 6.45) is 0. The summed E-state index contributed by atoms with van der Waals surface area (Å²) in [6.45, 7) is 1.80. The molecule has 1 amide bonds. The Morgan fingerprint density at radius 3 is 2.52 bits per heavy atom. The maximum atomic E-state index is 12.1. The summed E-state index contributed by atoms with van der Waals surface area (Å²) in [7, 11) is 0. The van der Waals surface area contributed by atoms with Crippen LogP contribution in [0.4, 0.5) is 0 Å². The van der Waals surface area contributed by atoms with Crippen molar-refractivity contribution in [2.24, 2.45) is 0 Å². The lowest BCUT2D eigenvalue weighted by molar-refractivity contribution is -0.122. The minimum atomic E-state index is -0.0747. The highest BCUT2D eigenvalue weighted by Crippen LogP contribution is 2.10. The van der Waals surface area contributed by atoms with Crippen molar-refractivity contribution in [1.82, 2.24) is 10.2 Å². The van der Waals surface area contributed by atoms with Gasteiger partial charge in [0.2, 0.25) is 5.91 Å². The second-order valence-electron chi connectivity index (χ2n) is 5.33. The van der Waals surface area contributed by atoms with Crippen LogP contribution in [0.2, 0.25) is 5.02 Å². The van der Waals surface area contributed by atoms with Gasteiger partial charge in [0.1, 0.15) is 0 Å². The number of carbonyl (C=O) groups excluding carboxylic acids is 1. The lowest BCUT2D eigenvalue weighted by Gasteiger charge is -2.20. The van der Waals surface area contributed by atoms with E-state index in [1.807, 2.05) is 53.4 Å². The zero-order chi connectivity index (χ0) is 16.5. The first-order chi connectivity index (χ1) is 11.2. The molecule has 0 spiro atoms. The first-order valence-electron chi connectivity index (χ1n) is 7.55. The summed E-state index contributed by atoms with van der Waals surface area (Å²) in [5.41, 5.74) is 2.08. The summed E-state index contributed by atoms with van der Waals surface area (Å²) in [5, 5.41) is 12.7. The number of halogens is 1. The fraction of sp³-hybridized carbons (Fsp3) is 0.278. The summed E-state index contributed by atoms with van der Waals surface area (Å²) < 4.78 is 0. The van der Waals surface area contributed by atoms with Crippen molar-refractivity contribution in [3.63, 3.8) is 0 Å². The van der Waals surface area contributed by atoms with E-state index in [9.17, 15) is 9.90 Å². The minimum Gasteiger partial charge on any atom is -0.395 e. The second-order valence-corrected chi connectivity index (χ2v) is 5.76. The molecule has 0 aromatic heterocycles. The van der Waals surface area contributed by atoms with Gasteiger partial charge in [0.15, 0.2) is 0 Å². The molecule has 0 heterocycles. The highest BCUT2D eigenvalue weighted by atomic mass is 35.5. The van der Waals surface area contributed by atoms with Crippen LogP contribution >= 0.6 is 11.6 Å². The zero-order valence-corrected chi connectivity index (χ0v) is 13.7. The molecule has 122 valence electrons. The highest BCUT2D eigenvalue weighted by Gasteiger charge is 2.11. The van der Waals surface area contributed by atoms with E-state index in [-0.39, 0.29) is 19.1 Å². The third-order valence-corrected chi connectivity index (χ3v) is 3.65. The van der Waals surface area contributed by atoms with Crippen LogP contribution in [0.1, 0.15) is 11.1 Å². The van der Waals surface area contributed by atoms with Gasteiger partial charge in [0, 0.05) is 24.7 Å².